The van der Waals surface area contributed by atoms with Crippen LogP contribution in [0.4, 0.5) is 10.1 Å². The lowest BCUT2D eigenvalue weighted by atomic mass is 10.00. The number of rotatable bonds is 3. The largest absolute Gasteiger partial charge is 0.389 e. The predicted molar refractivity (Wildman–Crippen MR) is 69.8 cm³/mol. The van der Waals surface area contributed by atoms with Gasteiger partial charge in [0.15, 0.2) is 0 Å². The first-order chi connectivity index (χ1) is 8.02. The van der Waals surface area contributed by atoms with Crippen LogP contribution in [-0.4, -0.2) is 23.7 Å². The summed E-state index contributed by atoms with van der Waals surface area (Å²) in [6, 6.07) is 4.77. The number of hydrogen-bond acceptors (Lipinski definition) is 3. The molecule has 1 saturated heterocycles. The smallest absolute Gasteiger partial charge is 0.135 e. The molecule has 2 rings (SSSR count). The van der Waals surface area contributed by atoms with Gasteiger partial charge < -0.3 is 15.8 Å². The molecule has 1 aliphatic heterocycles. The summed E-state index contributed by atoms with van der Waals surface area (Å²) in [6.45, 7) is 3.34. The zero-order valence-electron chi connectivity index (χ0n) is 9.63. The molecule has 1 unspecified atom stereocenters. The van der Waals surface area contributed by atoms with Gasteiger partial charge in [-0.1, -0.05) is 18.3 Å². The van der Waals surface area contributed by atoms with E-state index in [0.29, 0.717) is 18.9 Å². The van der Waals surface area contributed by atoms with Crippen LogP contribution in [0.3, 0.4) is 0 Å². The standard InChI is InChI=1S/C12H15FN2OS/c1-12(5-6-16-7-12)15-9-4-2-3-8(13)10(9)11(14)17/h2-4,15H,5-7H2,1H3,(H2,14,17). The molecule has 0 bridgehead atoms. The maximum Gasteiger partial charge on any atom is 0.135 e. The average Bonchev–Trinajstić information content (AvgIpc) is 2.64. The van der Waals surface area contributed by atoms with Crippen molar-refractivity contribution in [3.63, 3.8) is 0 Å². The molecular weight excluding hydrogens is 239 g/mol. The Morgan fingerprint density at radius 1 is 1.59 bits per heavy atom. The van der Waals surface area contributed by atoms with Gasteiger partial charge in [-0.3, -0.25) is 0 Å². The second kappa shape index (κ2) is 4.58. The van der Waals surface area contributed by atoms with Gasteiger partial charge in [0.1, 0.15) is 10.8 Å². The third-order valence-electron chi connectivity index (χ3n) is 2.92. The molecule has 1 fully saturated rings. The van der Waals surface area contributed by atoms with Gasteiger partial charge >= 0.3 is 0 Å². The van der Waals surface area contributed by atoms with Crippen LogP contribution in [0.5, 0.6) is 0 Å². The van der Waals surface area contributed by atoms with Crippen LogP contribution in [0, 0.1) is 5.82 Å². The number of nitrogens with two attached hydrogens (primary N) is 1. The summed E-state index contributed by atoms with van der Waals surface area (Å²) in [4.78, 5) is 0.0631. The molecule has 1 aliphatic rings. The second-order valence-electron chi connectivity index (χ2n) is 4.51. The summed E-state index contributed by atoms with van der Waals surface area (Å²) >= 11 is 4.88. The van der Waals surface area contributed by atoms with Crippen molar-refractivity contribution in [2.75, 3.05) is 18.5 Å². The van der Waals surface area contributed by atoms with E-state index in [4.69, 9.17) is 22.7 Å². The molecule has 1 atom stereocenters. The van der Waals surface area contributed by atoms with E-state index in [1.807, 2.05) is 6.92 Å². The minimum Gasteiger partial charge on any atom is -0.389 e. The Balaban J connectivity index is 2.32. The molecular formula is C12H15FN2OS. The number of halogens is 1. The molecule has 1 aromatic carbocycles. The van der Waals surface area contributed by atoms with Crippen molar-refractivity contribution in [3.05, 3.63) is 29.6 Å². The summed E-state index contributed by atoms with van der Waals surface area (Å²) < 4.78 is 19.0. The first kappa shape index (κ1) is 12.3. The minimum atomic E-state index is -0.398. The second-order valence-corrected chi connectivity index (χ2v) is 4.95. The Kier molecular flexibility index (Phi) is 3.31. The van der Waals surface area contributed by atoms with Gasteiger partial charge in [-0.25, -0.2) is 4.39 Å². The van der Waals surface area contributed by atoms with Crippen LogP contribution in [0.2, 0.25) is 0 Å². The molecule has 3 nitrogen and oxygen atoms in total. The molecule has 92 valence electrons. The Labute approximate surface area is 105 Å². The number of ether oxygens (including phenoxy) is 1. The molecule has 3 N–H and O–H groups in total. The van der Waals surface area contributed by atoms with E-state index in [1.54, 1.807) is 12.1 Å². The van der Waals surface area contributed by atoms with Crippen LogP contribution >= 0.6 is 12.2 Å². The highest BCUT2D eigenvalue weighted by molar-refractivity contribution is 7.80. The molecule has 1 heterocycles. The molecule has 0 spiro atoms. The van der Waals surface area contributed by atoms with Crippen molar-refractivity contribution in [1.82, 2.24) is 0 Å². The zero-order valence-corrected chi connectivity index (χ0v) is 10.4. The molecule has 0 amide bonds. The SMILES string of the molecule is CC1(Nc2cccc(F)c2C(N)=S)CCOC1. The molecule has 0 radical (unpaired) electrons. The first-order valence-electron chi connectivity index (χ1n) is 5.46. The summed E-state index contributed by atoms with van der Waals surface area (Å²) in [5.74, 6) is -0.398. The van der Waals surface area contributed by atoms with Gasteiger partial charge in [-0.2, -0.15) is 0 Å². The van der Waals surface area contributed by atoms with Crippen LogP contribution in [0.15, 0.2) is 18.2 Å². The van der Waals surface area contributed by atoms with Gasteiger partial charge in [-0.15, -0.1) is 0 Å². The fourth-order valence-corrected chi connectivity index (χ4v) is 2.18. The highest BCUT2D eigenvalue weighted by Gasteiger charge is 2.30. The van der Waals surface area contributed by atoms with Gasteiger partial charge in [0.25, 0.3) is 0 Å². The Bertz CT molecular complexity index is 444. The summed E-state index contributed by atoms with van der Waals surface area (Å²) in [5, 5.41) is 3.28. The van der Waals surface area contributed by atoms with Crippen LogP contribution in [0.25, 0.3) is 0 Å². The maximum absolute atomic E-state index is 13.7. The van der Waals surface area contributed by atoms with E-state index in [-0.39, 0.29) is 16.1 Å². The van der Waals surface area contributed by atoms with E-state index in [2.05, 4.69) is 5.32 Å². The summed E-state index contributed by atoms with van der Waals surface area (Å²) in [5.41, 5.74) is 6.27. The van der Waals surface area contributed by atoms with E-state index >= 15 is 0 Å². The Morgan fingerprint density at radius 3 is 2.94 bits per heavy atom. The quantitative estimate of drug-likeness (QED) is 0.810. The van der Waals surface area contributed by atoms with E-state index in [1.165, 1.54) is 6.07 Å². The van der Waals surface area contributed by atoms with Crippen molar-refractivity contribution >= 4 is 22.9 Å². The fourth-order valence-electron chi connectivity index (χ4n) is 1.97. The molecule has 0 saturated carbocycles. The highest BCUT2D eigenvalue weighted by atomic mass is 32.1. The normalized spacial score (nSPS) is 23.6. The van der Waals surface area contributed by atoms with Gasteiger partial charge in [-0.05, 0) is 25.5 Å². The minimum absolute atomic E-state index is 0.0631. The van der Waals surface area contributed by atoms with Crippen LogP contribution in [-0.2, 0) is 4.74 Å². The maximum atomic E-state index is 13.7. The number of nitrogens with one attached hydrogen (secondary N) is 1. The number of thiocarbonyl (C=S) groups is 1. The lowest BCUT2D eigenvalue weighted by Crippen LogP contribution is -2.36. The fraction of sp³-hybridized carbons (Fsp3) is 0.417. The number of anilines is 1. The zero-order chi connectivity index (χ0) is 12.5. The molecule has 0 aliphatic carbocycles. The molecule has 5 heteroatoms. The lowest BCUT2D eigenvalue weighted by molar-refractivity contribution is 0.185. The summed E-state index contributed by atoms with van der Waals surface area (Å²) in [7, 11) is 0. The van der Waals surface area contributed by atoms with Crippen LogP contribution in [0.1, 0.15) is 18.9 Å². The van der Waals surface area contributed by atoms with Gasteiger partial charge in [0.2, 0.25) is 0 Å². The van der Waals surface area contributed by atoms with Crippen molar-refractivity contribution < 1.29 is 9.13 Å². The van der Waals surface area contributed by atoms with Crippen molar-refractivity contribution in [1.29, 1.82) is 0 Å². The van der Waals surface area contributed by atoms with Gasteiger partial charge in [0.05, 0.1) is 17.7 Å². The molecule has 0 aromatic heterocycles. The average molecular weight is 254 g/mol. The number of benzene rings is 1. The predicted octanol–water partition coefficient (Wildman–Crippen LogP) is 2.05. The Morgan fingerprint density at radius 2 is 2.35 bits per heavy atom. The third-order valence-corrected chi connectivity index (χ3v) is 3.12. The highest BCUT2D eigenvalue weighted by Crippen LogP contribution is 2.27. The van der Waals surface area contributed by atoms with Gasteiger partial charge in [0, 0.05) is 12.3 Å². The number of hydrogen-bond donors (Lipinski definition) is 2. The third kappa shape index (κ3) is 2.56. The first-order valence-corrected chi connectivity index (χ1v) is 5.87. The monoisotopic (exact) mass is 254 g/mol. The summed E-state index contributed by atoms with van der Waals surface area (Å²) in [6.07, 6.45) is 0.875. The topological polar surface area (TPSA) is 47.3 Å². The lowest BCUT2D eigenvalue weighted by Gasteiger charge is -2.26. The molecule has 1 aromatic rings. The molecule has 17 heavy (non-hydrogen) atoms. The Hall–Kier alpha value is -1.20. The van der Waals surface area contributed by atoms with E-state index in [0.717, 1.165) is 6.42 Å². The van der Waals surface area contributed by atoms with Crippen molar-refractivity contribution in [3.8, 4) is 0 Å². The van der Waals surface area contributed by atoms with Crippen molar-refractivity contribution in [2.45, 2.75) is 18.9 Å². The van der Waals surface area contributed by atoms with Crippen molar-refractivity contribution in [2.24, 2.45) is 5.73 Å². The van der Waals surface area contributed by atoms with Crippen LogP contribution < -0.4 is 11.1 Å². The van der Waals surface area contributed by atoms with E-state index in [9.17, 15) is 4.39 Å². The van der Waals surface area contributed by atoms with E-state index < -0.39 is 5.82 Å².